The summed E-state index contributed by atoms with van der Waals surface area (Å²) < 4.78 is 0. The molecule has 0 radical (unpaired) electrons. The highest BCUT2D eigenvalue weighted by Gasteiger charge is 2.53. The quantitative estimate of drug-likeness (QED) is 0.862. The minimum atomic E-state index is -0.734. The maximum atomic E-state index is 12.4. The number of aliphatic hydroxyl groups is 1. The highest BCUT2D eigenvalue weighted by molar-refractivity contribution is 5.95. The fourth-order valence-electron chi connectivity index (χ4n) is 2.93. The van der Waals surface area contributed by atoms with E-state index in [0.29, 0.717) is 30.5 Å². The largest absolute Gasteiger partial charge is 0.386 e. The van der Waals surface area contributed by atoms with Crippen LogP contribution in [-0.4, -0.2) is 44.6 Å². The van der Waals surface area contributed by atoms with Crippen LogP contribution in [0.15, 0.2) is 4.79 Å². The summed E-state index contributed by atoms with van der Waals surface area (Å²) in [5, 5.41) is 10.3. The second kappa shape index (κ2) is 4.66. The molecule has 1 saturated heterocycles. The number of likely N-dealkylation sites (tertiary alicyclic amines) is 1. The number of β-amino-alcohol motifs (C(OH)–C–C–N with tert-alkyl or cyclic N) is 1. The van der Waals surface area contributed by atoms with Crippen molar-refractivity contribution in [2.45, 2.75) is 45.1 Å². The number of nitrogens with zero attached hydrogens (tertiary/aromatic N) is 2. The predicted octanol–water partition coefficient (Wildman–Crippen LogP) is 0.799. The van der Waals surface area contributed by atoms with E-state index in [1.54, 1.807) is 6.92 Å². The van der Waals surface area contributed by atoms with Crippen molar-refractivity contribution in [1.82, 2.24) is 14.9 Å². The summed E-state index contributed by atoms with van der Waals surface area (Å²) >= 11 is 0. The zero-order valence-electron chi connectivity index (χ0n) is 12.6. The molecule has 1 aromatic rings. The molecular weight excluding hydrogens is 270 g/mol. The molecular formula is C15H21N3O3. The van der Waals surface area contributed by atoms with E-state index in [0.717, 1.165) is 12.8 Å². The summed E-state index contributed by atoms with van der Waals surface area (Å²) in [6.45, 7) is 6.19. The molecule has 21 heavy (non-hydrogen) atoms. The fourth-order valence-corrected chi connectivity index (χ4v) is 2.93. The number of aromatic nitrogens is 2. The van der Waals surface area contributed by atoms with E-state index in [1.807, 2.05) is 13.8 Å². The zero-order valence-corrected chi connectivity index (χ0v) is 12.6. The molecule has 114 valence electrons. The zero-order chi connectivity index (χ0) is 15.4. The van der Waals surface area contributed by atoms with Crippen LogP contribution in [0, 0.1) is 12.8 Å². The molecule has 1 aliphatic carbocycles. The first-order chi connectivity index (χ1) is 9.82. The number of H-pyrrole nitrogens is 1. The summed E-state index contributed by atoms with van der Waals surface area (Å²) in [4.78, 5) is 33.1. The van der Waals surface area contributed by atoms with Crippen molar-refractivity contribution in [1.29, 1.82) is 0 Å². The highest BCUT2D eigenvalue weighted by Crippen LogP contribution is 2.44. The topological polar surface area (TPSA) is 86.3 Å². The molecule has 2 N–H and O–H groups in total. The van der Waals surface area contributed by atoms with E-state index in [2.05, 4.69) is 9.97 Å². The molecule has 0 atom stereocenters. The molecule has 2 fully saturated rings. The average Bonchev–Trinajstić information content (AvgIpc) is 3.18. The number of rotatable bonds is 3. The predicted molar refractivity (Wildman–Crippen MR) is 77.3 cm³/mol. The third-order valence-corrected chi connectivity index (χ3v) is 4.43. The smallest absolute Gasteiger partial charge is 0.264 e. The number of amides is 1. The van der Waals surface area contributed by atoms with Crippen LogP contribution in [0.3, 0.4) is 0 Å². The van der Waals surface area contributed by atoms with Crippen LogP contribution in [0.2, 0.25) is 0 Å². The van der Waals surface area contributed by atoms with Crippen LogP contribution in [0.4, 0.5) is 0 Å². The number of hydrogen-bond acceptors (Lipinski definition) is 4. The minimum absolute atomic E-state index is 0.0947. The number of aryl methyl sites for hydroxylation is 1. The SMILES string of the molecule is Cc1nc(C(C)C)[nH]c(=O)c1C(=O)N1CC(O)(C2CC2)C1. The van der Waals surface area contributed by atoms with Gasteiger partial charge in [-0.3, -0.25) is 9.59 Å². The van der Waals surface area contributed by atoms with Gasteiger partial charge in [-0.05, 0) is 25.7 Å². The second-order valence-electron chi connectivity index (χ2n) is 6.61. The van der Waals surface area contributed by atoms with E-state index in [-0.39, 0.29) is 17.4 Å². The van der Waals surface area contributed by atoms with Gasteiger partial charge in [0.15, 0.2) is 0 Å². The number of carbonyl (C=O) groups is 1. The van der Waals surface area contributed by atoms with Crippen molar-refractivity contribution in [2.24, 2.45) is 5.92 Å². The van der Waals surface area contributed by atoms with Crippen LogP contribution in [0.25, 0.3) is 0 Å². The van der Waals surface area contributed by atoms with Gasteiger partial charge in [-0.25, -0.2) is 4.98 Å². The first kappa shape index (κ1) is 14.3. The van der Waals surface area contributed by atoms with Gasteiger partial charge in [0, 0.05) is 5.92 Å². The molecule has 1 aromatic heterocycles. The highest BCUT2D eigenvalue weighted by atomic mass is 16.3. The Morgan fingerprint density at radius 3 is 2.52 bits per heavy atom. The van der Waals surface area contributed by atoms with E-state index in [9.17, 15) is 14.7 Å². The summed E-state index contributed by atoms with van der Waals surface area (Å²) in [6.07, 6.45) is 2.06. The lowest BCUT2D eigenvalue weighted by atomic mass is 9.88. The summed E-state index contributed by atoms with van der Waals surface area (Å²) in [7, 11) is 0. The van der Waals surface area contributed by atoms with E-state index >= 15 is 0 Å². The van der Waals surface area contributed by atoms with Gasteiger partial charge in [0.25, 0.3) is 11.5 Å². The third kappa shape index (κ3) is 2.37. The standard InChI is InChI=1S/C15H21N3O3/c1-8(2)12-16-9(3)11(13(19)17-12)14(20)18-6-15(21,7-18)10-4-5-10/h8,10,21H,4-7H2,1-3H3,(H,16,17,19). The minimum Gasteiger partial charge on any atom is -0.386 e. The number of nitrogens with one attached hydrogen (secondary N) is 1. The van der Waals surface area contributed by atoms with Gasteiger partial charge in [0.05, 0.1) is 18.8 Å². The Hall–Kier alpha value is -1.69. The summed E-state index contributed by atoms with van der Waals surface area (Å²) in [6, 6.07) is 0. The molecule has 0 unspecified atom stereocenters. The Labute approximate surface area is 123 Å². The van der Waals surface area contributed by atoms with Gasteiger partial charge >= 0.3 is 0 Å². The van der Waals surface area contributed by atoms with Crippen molar-refractivity contribution >= 4 is 5.91 Å². The van der Waals surface area contributed by atoms with E-state index < -0.39 is 11.2 Å². The van der Waals surface area contributed by atoms with Gasteiger partial charge in [-0.2, -0.15) is 0 Å². The van der Waals surface area contributed by atoms with Crippen molar-refractivity contribution < 1.29 is 9.90 Å². The molecule has 0 aromatic carbocycles. The molecule has 1 saturated carbocycles. The van der Waals surface area contributed by atoms with E-state index in [4.69, 9.17) is 0 Å². The van der Waals surface area contributed by atoms with Crippen LogP contribution < -0.4 is 5.56 Å². The van der Waals surface area contributed by atoms with Gasteiger partial charge < -0.3 is 15.0 Å². The summed E-state index contributed by atoms with van der Waals surface area (Å²) in [5.74, 6) is 0.681. The first-order valence-corrected chi connectivity index (χ1v) is 7.44. The van der Waals surface area contributed by atoms with Crippen molar-refractivity contribution in [2.75, 3.05) is 13.1 Å². The maximum Gasteiger partial charge on any atom is 0.264 e. The molecule has 3 rings (SSSR count). The molecule has 1 aliphatic heterocycles. The normalized spacial score (nSPS) is 20.5. The summed E-state index contributed by atoms with van der Waals surface area (Å²) in [5.41, 5.74) is -0.577. The van der Waals surface area contributed by atoms with Gasteiger partial charge in [0.2, 0.25) is 0 Å². The lowest BCUT2D eigenvalue weighted by Crippen LogP contribution is -2.65. The van der Waals surface area contributed by atoms with Crippen molar-refractivity contribution in [3.05, 3.63) is 27.4 Å². The Balaban J connectivity index is 1.81. The number of hydrogen-bond donors (Lipinski definition) is 2. The molecule has 0 bridgehead atoms. The lowest BCUT2D eigenvalue weighted by Gasteiger charge is -2.46. The maximum absolute atomic E-state index is 12.4. The van der Waals surface area contributed by atoms with E-state index in [1.165, 1.54) is 4.90 Å². The molecule has 1 amide bonds. The molecule has 2 aliphatic rings. The third-order valence-electron chi connectivity index (χ3n) is 4.43. The lowest BCUT2D eigenvalue weighted by molar-refractivity contribution is -0.0959. The monoisotopic (exact) mass is 291 g/mol. The molecule has 0 spiro atoms. The van der Waals surface area contributed by atoms with Crippen molar-refractivity contribution in [3.63, 3.8) is 0 Å². The van der Waals surface area contributed by atoms with Gasteiger partial charge in [0.1, 0.15) is 17.0 Å². The number of carbonyl (C=O) groups excluding carboxylic acids is 1. The van der Waals surface area contributed by atoms with Gasteiger partial charge in [-0.15, -0.1) is 0 Å². The first-order valence-electron chi connectivity index (χ1n) is 7.44. The van der Waals surface area contributed by atoms with Gasteiger partial charge in [-0.1, -0.05) is 13.8 Å². The number of aromatic amines is 1. The van der Waals surface area contributed by atoms with Crippen LogP contribution >= 0.6 is 0 Å². The van der Waals surface area contributed by atoms with Crippen molar-refractivity contribution in [3.8, 4) is 0 Å². The molecule has 2 heterocycles. The fraction of sp³-hybridized carbons (Fsp3) is 0.667. The average molecular weight is 291 g/mol. The Morgan fingerprint density at radius 1 is 1.43 bits per heavy atom. The Kier molecular flexibility index (Phi) is 3.16. The molecule has 6 nitrogen and oxygen atoms in total. The molecule has 6 heteroatoms. The Morgan fingerprint density at radius 2 is 2.05 bits per heavy atom. The second-order valence-corrected chi connectivity index (χ2v) is 6.61. The Bertz CT molecular complexity index is 640. The van der Waals surface area contributed by atoms with Crippen LogP contribution in [-0.2, 0) is 0 Å². The van der Waals surface area contributed by atoms with Crippen LogP contribution in [0.1, 0.15) is 54.5 Å². The van der Waals surface area contributed by atoms with Crippen LogP contribution in [0.5, 0.6) is 0 Å².